The summed E-state index contributed by atoms with van der Waals surface area (Å²) in [6.45, 7) is -0.0927. The number of aliphatic carboxylic acids is 1. The highest BCUT2D eigenvalue weighted by Gasteiger charge is 2.47. The predicted molar refractivity (Wildman–Crippen MR) is 111 cm³/mol. The molecule has 2 aromatic carbocycles. The lowest BCUT2D eigenvalue weighted by Gasteiger charge is -2.22. The summed E-state index contributed by atoms with van der Waals surface area (Å²) in [6, 6.07) is 10.4. The number of halogens is 3. The normalized spacial score (nSPS) is 14.2. The number of hydrogen-bond donors (Lipinski definition) is 3. The molecule has 33 heavy (non-hydrogen) atoms. The van der Waals surface area contributed by atoms with Gasteiger partial charge >= 0.3 is 18.2 Å². The van der Waals surface area contributed by atoms with Crippen molar-refractivity contribution in [1.82, 2.24) is 10.6 Å². The van der Waals surface area contributed by atoms with E-state index in [1.165, 1.54) is 5.32 Å². The van der Waals surface area contributed by atoms with Gasteiger partial charge in [0.1, 0.15) is 12.6 Å². The third kappa shape index (κ3) is 5.26. The molecule has 0 aromatic heterocycles. The molecule has 0 radical (unpaired) electrons. The quantitative estimate of drug-likeness (QED) is 0.551. The summed E-state index contributed by atoms with van der Waals surface area (Å²) < 4.78 is 43.7. The number of alkyl halides is 3. The van der Waals surface area contributed by atoms with Gasteiger partial charge in [0.25, 0.3) is 0 Å². The largest absolute Gasteiger partial charge is 0.479 e. The SMILES string of the molecule is C#CCC(NC(=O)OCC1c2ccccc2-c2ccccc21)C(=O)NC(C(=O)O)C(F)(F)F. The zero-order valence-electron chi connectivity index (χ0n) is 17.1. The van der Waals surface area contributed by atoms with Gasteiger partial charge in [-0.25, -0.2) is 9.59 Å². The molecule has 2 amide bonds. The van der Waals surface area contributed by atoms with Crippen LogP contribution in [0.15, 0.2) is 48.5 Å². The number of carboxylic acids is 1. The number of terminal acetylenes is 1. The van der Waals surface area contributed by atoms with Crippen molar-refractivity contribution in [2.75, 3.05) is 6.61 Å². The predicted octanol–water partition coefficient (Wildman–Crippen LogP) is 3.05. The lowest BCUT2D eigenvalue weighted by Crippen LogP contribution is -2.56. The van der Waals surface area contributed by atoms with E-state index in [9.17, 15) is 27.6 Å². The summed E-state index contributed by atoms with van der Waals surface area (Å²) >= 11 is 0. The van der Waals surface area contributed by atoms with Crippen LogP contribution in [0.25, 0.3) is 11.1 Å². The van der Waals surface area contributed by atoms with Crippen LogP contribution in [0, 0.1) is 12.3 Å². The number of amides is 2. The van der Waals surface area contributed by atoms with Crippen LogP contribution in [0.3, 0.4) is 0 Å². The molecule has 0 heterocycles. The maximum atomic E-state index is 12.8. The maximum absolute atomic E-state index is 12.8. The number of ether oxygens (including phenoxy) is 1. The molecule has 1 aliphatic rings. The van der Waals surface area contributed by atoms with Crippen molar-refractivity contribution in [3.8, 4) is 23.5 Å². The zero-order valence-corrected chi connectivity index (χ0v) is 17.1. The Morgan fingerprint density at radius 1 is 1.03 bits per heavy atom. The van der Waals surface area contributed by atoms with Gasteiger partial charge < -0.3 is 20.5 Å². The Morgan fingerprint density at radius 3 is 2.06 bits per heavy atom. The summed E-state index contributed by atoms with van der Waals surface area (Å²) in [5.41, 5.74) is 3.88. The van der Waals surface area contributed by atoms with Crippen LogP contribution in [0.4, 0.5) is 18.0 Å². The van der Waals surface area contributed by atoms with Gasteiger partial charge in [0.05, 0.1) is 0 Å². The second kappa shape index (κ2) is 9.65. The van der Waals surface area contributed by atoms with E-state index in [0.29, 0.717) is 0 Å². The Bertz CT molecular complexity index is 1060. The fraction of sp³-hybridized carbons (Fsp3) is 0.261. The van der Waals surface area contributed by atoms with Crippen molar-refractivity contribution in [1.29, 1.82) is 0 Å². The van der Waals surface area contributed by atoms with Gasteiger partial charge in [0.15, 0.2) is 0 Å². The van der Waals surface area contributed by atoms with Gasteiger partial charge in [0, 0.05) is 12.3 Å². The number of carbonyl (C=O) groups is 3. The van der Waals surface area contributed by atoms with Gasteiger partial charge in [-0.15, -0.1) is 12.3 Å². The van der Waals surface area contributed by atoms with Crippen LogP contribution >= 0.6 is 0 Å². The second-order valence-electron chi connectivity index (χ2n) is 7.25. The number of carbonyl (C=O) groups excluding carboxylic acids is 2. The first-order valence-electron chi connectivity index (χ1n) is 9.78. The van der Waals surface area contributed by atoms with Crippen LogP contribution in [0.1, 0.15) is 23.5 Å². The Kier molecular flexibility index (Phi) is 6.92. The van der Waals surface area contributed by atoms with E-state index in [4.69, 9.17) is 16.3 Å². The van der Waals surface area contributed by atoms with Crippen LogP contribution in [-0.4, -0.2) is 47.9 Å². The zero-order chi connectivity index (χ0) is 24.2. The van der Waals surface area contributed by atoms with Gasteiger partial charge in [-0.05, 0) is 22.3 Å². The molecule has 3 rings (SSSR count). The van der Waals surface area contributed by atoms with Crippen molar-refractivity contribution in [3.05, 3.63) is 59.7 Å². The molecule has 2 aromatic rings. The Labute approximate surface area is 186 Å². The van der Waals surface area contributed by atoms with Crippen molar-refractivity contribution in [2.45, 2.75) is 30.6 Å². The summed E-state index contributed by atoms with van der Waals surface area (Å²) in [5, 5.41) is 12.2. The first kappa shape index (κ1) is 23.7. The summed E-state index contributed by atoms with van der Waals surface area (Å²) in [7, 11) is 0. The molecular weight excluding hydrogens is 441 g/mol. The lowest BCUT2D eigenvalue weighted by atomic mass is 9.98. The van der Waals surface area contributed by atoms with Gasteiger partial charge in [0.2, 0.25) is 11.9 Å². The maximum Gasteiger partial charge on any atom is 0.419 e. The highest BCUT2D eigenvalue weighted by Crippen LogP contribution is 2.44. The molecule has 0 fully saturated rings. The van der Waals surface area contributed by atoms with E-state index >= 15 is 0 Å². The molecule has 0 bridgehead atoms. The fourth-order valence-electron chi connectivity index (χ4n) is 3.64. The Balaban J connectivity index is 1.67. The number of rotatable bonds is 7. The first-order chi connectivity index (χ1) is 15.6. The number of nitrogens with one attached hydrogen (secondary N) is 2. The molecule has 0 saturated carbocycles. The number of carboxylic acid groups (broad SMARTS) is 1. The number of fused-ring (bicyclic) bond motifs is 3. The molecule has 10 heteroatoms. The third-order valence-electron chi connectivity index (χ3n) is 5.14. The van der Waals surface area contributed by atoms with Gasteiger partial charge in [-0.1, -0.05) is 48.5 Å². The fourth-order valence-corrected chi connectivity index (χ4v) is 3.64. The standard InChI is InChI=1S/C23H19F3N2O5/c1-2-7-18(20(29)28-19(21(30)31)23(24,25)26)27-22(32)33-12-17-15-10-5-3-8-13(15)14-9-4-6-11-16(14)17/h1,3-6,8-11,17-19H,7,12H2,(H,27,32)(H,28,29)(H,30,31). The minimum Gasteiger partial charge on any atom is -0.479 e. The minimum absolute atomic E-state index is 0.0927. The highest BCUT2D eigenvalue weighted by molar-refractivity contribution is 5.90. The number of hydrogen-bond acceptors (Lipinski definition) is 4. The Morgan fingerprint density at radius 2 is 1.58 bits per heavy atom. The average molecular weight is 460 g/mol. The highest BCUT2D eigenvalue weighted by atomic mass is 19.4. The van der Waals surface area contributed by atoms with E-state index in [1.54, 1.807) is 0 Å². The number of alkyl carbamates (subject to hydrolysis) is 1. The Hall–Kier alpha value is -4.00. The smallest absolute Gasteiger partial charge is 0.419 e. The van der Waals surface area contributed by atoms with Crippen LogP contribution in [-0.2, 0) is 14.3 Å². The van der Waals surface area contributed by atoms with Gasteiger partial charge in [-0.3, -0.25) is 4.79 Å². The summed E-state index contributed by atoms with van der Waals surface area (Å²) in [5.74, 6) is -1.91. The van der Waals surface area contributed by atoms with Crippen molar-refractivity contribution in [2.24, 2.45) is 0 Å². The van der Waals surface area contributed by atoms with E-state index in [-0.39, 0.29) is 12.5 Å². The third-order valence-corrected chi connectivity index (χ3v) is 5.14. The van der Waals surface area contributed by atoms with Crippen LogP contribution in [0.2, 0.25) is 0 Å². The van der Waals surface area contributed by atoms with E-state index < -0.39 is 42.7 Å². The molecule has 3 N–H and O–H groups in total. The van der Waals surface area contributed by atoms with E-state index in [2.05, 4.69) is 11.2 Å². The molecular formula is C23H19F3N2O5. The van der Waals surface area contributed by atoms with Crippen molar-refractivity contribution in [3.63, 3.8) is 0 Å². The molecule has 2 unspecified atom stereocenters. The summed E-state index contributed by atoms with van der Waals surface area (Å²) in [4.78, 5) is 35.3. The van der Waals surface area contributed by atoms with Crippen molar-refractivity contribution < 1.29 is 37.4 Å². The average Bonchev–Trinajstić information content (AvgIpc) is 3.08. The second-order valence-corrected chi connectivity index (χ2v) is 7.25. The molecule has 1 aliphatic carbocycles. The number of benzene rings is 2. The topological polar surface area (TPSA) is 105 Å². The van der Waals surface area contributed by atoms with Crippen LogP contribution < -0.4 is 10.6 Å². The monoisotopic (exact) mass is 460 g/mol. The lowest BCUT2D eigenvalue weighted by molar-refractivity contribution is -0.182. The first-order valence-corrected chi connectivity index (χ1v) is 9.78. The summed E-state index contributed by atoms with van der Waals surface area (Å²) in [6.07, 6.45) is -1.64. The van der Waals surface area contributed by atoms with Crippen LogP contribution in [0.5, 0.6) is 0 Å². The molecule has 172 valence electrons. The molecule has 0 saturated heterocycles. The molecule has 0 aliphatic heterocycles. The van der Waals surface area contributed by atoms with Gasteiger partial charge in [-0.2, -0.15) is 13.2 Å². The van der Waals surface area contributed by atoms with Crippen molar-refractivity contribution >= 4 is 18.0 Å². The minimum atomic E-state index is -5.23. The molecule has 2 atom stereocenters. The molecule has 0 spiro atoms. The molecule has 7 nitrogen and oxygen atoms in total. The van der Waals surface area contributed by atoms with E-state index in [1.807, 2.05) is 48.5 Å². The van der Waals surface area contributed by atoms with E-state index in [0.717, 1.165) is 22.3 Å².